The third kappa shape index (κ3) is 21.8. The van der Waals surface area contributed by atoms with Gasteiger partial charge in [0.05, 0.1) is 54.2 Å². The molecule has 0 radical (unpaired) electrons. The van der Waals surface area contributed by atoms with Crippen LogP contribution in [0.1, 0.15) is 12.8 Å². The number of imidazole rings is 3. The molecule has 0 aliphatic carbocycles. The average molecular weight is 1750 g/mol. The molecule has 8 N–H and O–H groups in total. The molecule has 3 aromatic heterocycles. The first kappa shape index (κ1) is 90.9. The normalized spacial score (nSPS) is 14.1. The number of imide groups is 2. The van der Waals surface area contributed by atoms with Crippen LogP contribution in [0.4, 0.5) is 65.2 Å². The largest absolute Gasteiger partial charge is 0.508 e. The van der Waals surface area contributed by atoms with Gasteiger partial charge in [0.25, 0.3) is 5.91 Å². The van der Waals surface area contributed by atoms with Gasteiger partial charge in [-0.3, -0.25) is 47.7 Å². The lowest BCUT2D eigenvalue weighted by atomic mass is 10.2. The number of phenols is 8. The fourth-order valence-corrected chi connectivity index (χ4v) is 12.2. The maximum absolute atomic E-state index is 13.4. The van der Waals surface area contributed by atoms with Crippen molar-refractivity contribution in [1.82, 2.24) is 47.0 Å². The Balaban J connectivity index is 0.000000157. The molecule has 8 aromatic carbocycles. The van der Waals surface area contributed by atoms with Gasteiger partial charge >= 0.3 is 41.2 Å². The highest BCUT2D eigenvalue weighted by Gasteiger charge is 2.36. The fourth-order valence-electron chi connectivity index (χ4n) is 11.7. The van der Waals surface area contributed by atoms with Crippen LogP contribution in [0.15, 0.2) is 197 Å². The molecule has 0 atom stereocenters. The van der Waals surface area contributed by atoms with E-state index < -0.39 is 46.5 Å². The summed E-state index contributed by atoms with van der Waals surface area (Å²) in [5, 5.41) is 75.1. The van der Waals surface area contributed by atoms with Crippen LogP contribution in [0.5, 0.6) is 46.0 Å². The molecule has 11 aromatic rings. The highest BCUT2D eigenvalue weighted by molar-refractivity contribution is 6.34. The number of nitrogens with zero attached hydrogens (tertiary/aromatic N) is 15. The highest BCUT2D eigenvalue weighted by atomic mass is 35.5. The zero-order valence-corrected chi connectivity index (χ0v) is 68.1. The molecule has 0 spiro atoms. The number of aromatic nitrogens is 6. The van der Waals surface area contributed by atoms with Gasteiger partial charge in [-0.15, -0.1) is 0 Å². The molecule has 5 aliphatic heterocycles. The minimum Gasteiger partial charge on any atom is -0.508 e. The number of carbonyl (C=O) groups is 7. The molecule has 5 fully saturated rings. The predicted octanol–water partition coefficient (Wildman–Crippen LogP) is 11.4. The van der Waals surface area contributed by atoms with Crippen molar-refractivity contribution in [3.8, 4) is 63.1 Å². The Morgan fingerprint density at radius 3 is 1.04 bits per heavy atom. The summed E-state index contributed by atoms with van der Waals surface area (Å²) in [5.74, 6) is -5.38. The summed E-state index contributed by atoms with van der Waals surface area (Å²) in [4.78, 5) is 128. The van der Waals surface area contributed by atoms with E-state index >= 15 is 0 Å². The summed E-state index contributed by atoms with van der Waals surface area (Å²) < 4.78 is 60.2. The third-order valence-corrected chi connectivity index (χ3v) is 19.6. The summed E-state index contributed by atoms with van der Waals surface area (Å²) >= 11 is 23.0. The van der Waals surface area contributed by atoms with Gasteiger partial charge in [-0.05, 0) is 97.1 Å². The standard InChI is InChI=1S/C10H9ClN2O3.2C10H11ClN2O2.C10H9ClN2O2.C10H11FN2O2.2C10H9FN2O2.C10H8FNO3/c1-12-5-9(15)13(10(12)16)6-2-3-7(11)8(14)4-6;1-12-4-5-13(10(12)15)9-6-7(14)2-3-8(9)11;2*1-12-4-5-13(10(12)15)7-2-3-8(11)9(14)6-7;1-12-4-5-13(10(12)15)7-2-3-9(14)8(11)6-7;1-12-4-5-13(10(12)15)9-6-7(14)2-3-8(9)11;1-12-4-5-13(10(12)15)7-2-3-8(11)9(14)6-7;11-7-5-6(1-2-8(7)13)12-9(14)3-4-10(12)15/h2-4,14H,5H2,1H3;2*2-3,6,14H,4-5H2,1H3;2-6,14H,1H3;2-3,6,14H,4-5H2,1H3;2*2-6,14H,1H3;1-2,5,13H,3-4H2. The Labute approximate surface area is 705 Å². The van der Waals surface area contributed by atoms with Gasteiger partial charge in [0.2, 0.25) is 11.8 Å². The zero-order valence-electron chi connectivity index (χ0n) is 65.1. The summed E-state index contributed by atoms with van der Waals surface area (Å²) in [6.07, 6.45) is 9.69. The van der Waals surface area contributed by atoms with Gasteiger partial charge in [0.1, 0.15) is 41.1 Å². The van der Waals surface area contributed by atoms with Gasteiger partial charge in [-0.25, -0.2) is 56.0 Å². The number of hydrogen-bond acceptors (Lipinski definition) is 18. The second-order valence-corrected chi connectivity index (χ2v) is 28.5. The quantitative estimate of drug-likeness (QED) is 0.0398. The van der Waals surface area contributed by atoms with Crippen LogP contribution in [0, 0.1) is 23.3 Å². The smallest absolute Gasteiger partial charge is 0.332 e. The minimum atomic E-state index is -0.847. The topological polar surface area (TPSA) is 391 Å². The van der Waals surface area contributed by atoms with E-state index in [2.05, 4.69) is 0 Å². The minimum absolute atomic E-state index is 0.00322. The van der Waals surface area contributed by atoms with Gasteiger partial charge in [0, 0.05) is 199 Å². The van der Waals surface area contributed by atoms with Crippen molar-refractivity contribution in [2.75, 3.05) is 98.5 Å². The number of carbonyl (C=O) groups excluding carboxylic acids is 7. The van der Waals surface area contributed by atoms with Gasteiger partial charge in [-0.1, -0.05) is 46.4 Å². The van der Waals surface area contributed by atoms with Crippen LogP contribution in [-0.4, -0.2) is 204 Å². The number of likely N-dealkylation sites (N-methyl/N-ethyl adjacent to an activating group) is 4. The lowest BCUT2D eigenvalue weighted by molar-refractivity contribution is -0.121. The third-order valence-electron chi connectivity index (χ3n) is 18.4. The van der Waals surface area contributed by atoms with Crippen LogP contribution in [-0.2, 0) is 35.5 Å². The van der Waals surface area contributed by atoms with Crippen molar-refractivity contribution >= 4 is 117 Å². The van der Waals surface area contributed by atoms with Gasteiger partial charge in [-0.2, -0.15) is 0 Å². The highest BCUT2D eigenvalue weighted by Crippen LogP contribution is 2.35. The van der Waals surface area contributed by atoms with Crippen LogP contribution in [0.25, 0.3) is 17.1 Å². The van der Waals surface area contributed by atoms with Crippen molar-refractivity contribution in [1.29, 1.82) is 0 Å². The van der Waals surface area contributed by atoms with Crippen molar-refractivity contribution < 1.29 is 92.0 Å². The van der Waals surface area contributed by atoms with Gasteiger partial charge in [0.15, 0.2) is 34.7 Å². The summed E-state index contributed by atoms with van der Waals surface area (Å²) in [7, 11) is 11.6. The second-order valence-electron chi connectivity index (χ2n) is 26.8. The van der Waals surface area contributed by atoms with E-state index in [0.717, 1.165) is 44.7 Å². The predicted molar refractivity (Wildman–Crippen MR) is 442 cm³/mol. The number of halogens is 8. The maximum atomic E-state index is 13.4. The molecule has 11 amide bonds. The maximum Gasteiger partial charge on any atom is 0.332 e. The number of urea groups is 4. The van der Waals surface area contributed by atoms with E-state index in [-0.39, 0.29) is 122 Å². The average Bonchev–Trinajstić information content (AvgIpc) is 1.74. The van der Waals surface area contributed by atoms with E-state index in [1.165, 1.54) is 137 Å². The van der Waals surface area contributed by atoms with E-state index in [4.69, 9.17) is 61.7 Å². The number of aromatic hydroxyl groups is 8. The second kappa shape index (κ2) is 39.5. The molecule has 121 heavy (non-hydrogen) atoms. The monoisotopic (exact) mass is 1750 g/mol. The van der Waals surface area contributed by atoms with Crippen LogP contribution in [0.3, 0.4) is 0 Å². The molecule has 0 unspecified atom stereocenters. The first-order valence-corrected chi connectivity index (χ1v) is 37.3. The zero-order chi connectivity index (χ0) is 88.9. The fraction of sp³-hybridized carbons (Fsp3) is 0.200. The number of aryl methyl sites for hydroxylation is 3. The number of hydrogen-bond donors (Lipinski definition) is 8. The molecular weight excluding hydrogens is 1680 g/mol. The Hall–Kier alpha value is -14.0. The number of phenolic OH excluding ortho intramolecular Hbond substituents is 8. The molecule has 0 bridgehead atoms. The lowest BCUT2D eigenvalue weighted by Crippen LogP contribution is -2.31. The molecule has 16 rings (SSSR count). The van der Waals surface area contributed by atoms with E-state index in [1.807, 2.05) is 0 Å². The van der Waals surface area contributed by atoms with Crippen LogP contribution < -0.4 is 41.6 Å². The van der Waals surface area contributed by atoms with E-state index in [9.17, 15) is 91.0 Å². The van der Waals surface area contributed by atoms with Crippen molar-refractivity contribution in [2.24, 2.45) is 21.1 Å². The SMILES string of the molecule is CN1CC(=O)N(c2ccc(Cl)c(O)c2)C1=O.CN1CCN(c2cc(O)ccc2Cl)C1=O.CN1CCN(c2ccc(Cl)c(O)c2)C1=O.CN1CCN(c2ccc(O)c(F)c2)C1=O.Cn1ccn(-c2cc(O)ccc2F)c1=O.Cn1ccn(-c2ccc(Cl)c(O)c2)c1=O.Cn1ccn(-c2ccc(F)c(O)c2)c1=O.O=C1CCC(=O)N1c1ccc(O)c(F)c1. The molecule has 5 aliphatic rings. The first-order chi connectivity index (χ1) is 57.1. The summed E-state index contributed by atoms with van der Waals surface area (Å²) in [6.45, 7) is 3.81. The summed E-state index contributed by atoms with van der Waals surface area (Å²) in [6, 6.07) is 32.2. The molecular formula is C80H77Cl4F4N15O18. The molecule has 41 heteroatoms. The Bertz CT molecular complexity index is 5750. The molecule has 5 saturated heterocycles. The van der Waals surface area contributed by atoms with Crippen molar-refractivity contribution in [3.63, 3.8) is 0 Å². The van der Waals surface area contributed by atoms with E-state index in [0.29, 0.717) is 83.4 Å². The lowest BCUT2D eigenvalue weighted by Gasteiger charge is -2.17. The van der Waals surface area contributed by atoms with Gasteiger partial charge < -0.3 is 74.2 Å². The number of anilines is 5. The molecule has 8 heterocycles. The number of amides is 11. The Morgan fingerprint density at radius 1 is 0.281 bits per heavy atom. The summed E-state index contributed by atoms with van der Waals surface area (Å²) in [5.41, 5.74) is 2.47. The Morgan fingerprint density at radius 2 is 0.628 bits per heavy atom. The molecule has 33 nitrogen and oxygen atoms in total. The Kier molecular flexibility index (Phi) is 29.6. The first-order valence-electron chi connectivity index (χ1n) is 35.8. The van der Waals surface area contributed by atoms with Crippen molar-refractivity contribution in [3.05, 3.63) is 258 Å². The number of rotatable bonds is 8. The molecule has 636 valence electrons. The van der Waals surface area contributed by atoms with Crippen LogP contribution >= 0.6 is 46.4 Å². The number of benzene rings is 8. The van der Waals surface area contributed by atoms with Crippen molar-refractivity contribution in [2.45, 2.75) is 12.8 Å². The van der Waals surface area contributed by atoms with Crippen LogP contribution in [0.2, 0.25) is 20.1 Å². The van der Waals surface area contributed by atoms with E-state index in [1.54, 1.807) is 122 Å². The molecule has 0 saturated carbocycles.